The van der Waals surface area contributed by atoms with E-state index < -0.39 is 10.9 Å². The number of anilines is 1. The molecular formula is C11H11N3O4. The fraction of sp³-hybridized carbons (Fsp3) is 0.273. The van der Waals surface area contributed by atoms with Gasteiger partial charge in [0.1, 0.15) is 0 Å². The molecule has 0 aliphatic heterocycles. The number of nitriles is 1. The van der Waals surface area contributed by atoms with Gasteiger partial charge < -0.3 is 10.0 Å². The average molecular weight is 249 g/mol. The van der Waals surface area contributed by atoms with E-state index in [4.69, 9.17) is 10.4 Å². The van der Waals surface area contributed by atoms with Crippen LogP contribution in [0, 0.1) is 21.4 Å². The normalized spacial score (nSPS) is 9.56. The molecule has 1 aromatic carbocycles. The van der Waals surface area contributed by atoms with Crippen molar-refractivity contribution in [1.29, 1.82) is 5.26 Å². The van der Waals surface area contributed by atoms with Gasteiger partial charge in [-0.05, 0) is 6.07 Å². The second kappa shape index (κ2) is 5.63. The lowest BCUT2D eigenvalue weighted by Gasteiger charge is -2.19. The first-order valence-electron chi connectivity index (χ1n) is 5.07. The Balaban J connectivity index is 3.19. The third-order valence-corrected chi connectivity index (χ3v) is 2.39. The number of carboxylic acids is 1. The van der Waals surface area contributed by atoms with Crippen molar-refractivity contribution in [2.24, 2.45) is 0 Å². The van der Waals surface area contributed by atoms with Crippen LogP contribution >= 0.6 is 0 Å². The number of hydrogen-bond acceptors (Lipinski definition) is 5. The number of hydrogen-bond donors (Lipinski definition) is 1. The van der Waals surface area contributed by atoms with Gasteiger partial charge in [0.25, 0.3) is 5.69 Å². The first-order valence-corrected chi connectivity index (χ1v) is 5.07. The Bertz CT molecular complexity index is 522. The lowest BCUT2D eigenvalue weighted by molar-refractivity contribution is -0.384. The summed E-state index contributed by atoms with van der Waals surface area (Å²) in [7, 11) is 1.59. The molecule has 0 fully saturated rings. The average Bonchev–Trinajstić information content (AvgIpc) is 2.34. The molecule has 0 radical (unpaired) electrons. The molecule has 0 aliphatic rings. The molecule has 7 nitrogen and oxygen atoms in total. The van der Waals surface area contributed by atoms with Gasteiger partial charge in [-0.15, -0.1) is 0 Å². The van der Waals surface area contributed by atoms with Crippen LogP contribution in [-0.4, -0.2) is 29.6 Å². The zero-order chi connectivity index (χ0) is 13.7. The SMILES string of the molecule is CN(CCC#N)c1cc([N+](=O)[O-])ccc1C(=O)O. The summed E-state index contributed by atoms with van der Waals surface area (Å²) < 4.78 is 0. The van der Waals surface area contributed by atoms with Crippen molar-refractivity contribution in [3.63, 3.8) is 0 Å². The molecule has 0 saturated carbocycles. The van der Waals surface area contributed by atoms with E-state index in [0.29, 0.717) is 6.54 Å². The molecule has 1 N–H and O–H groups in total. The Hall–Kier alpha value is -2.62. The minimum atomic E-state index is -1.16. The van der Waals surface area contributed by atoms with Gasteiger partial charge in [-0.25, -0.2) is 4.79 Å². The number of aromatic carboxylic acids is 1. The van der Waals surface area contributed by atoms with Crippen LogP contribution in [-0.2, 0) is 0 Å². The summed E-state index contributed by atoms with van der Waals surface area (Å²) in [5.41, 5.74) is 0.0202. The Morgan fingerprint density at radius 3 is 2.78 bits per heavy atom. The lowest BCUT2D eigenvalue weighted by atomic mass is 10.1. The minimum absolute atomic E-state index is 0.0268. The van der Waals surface area contributed by atoms with E-state index in [0.717, 1.165) is 6.07 Å². The number of nitro groups is 1. The maximum Gasteiger partial charge on any atom is 0.337 e. The maximum atomic E-state index is 11.0. The number of non-ortho nitro benzene ring substituents is 1. The largest absolute Gasteiger partial charge is 0.478 e. The van der Waals surface area contributed by atoms with E-state index in [-0.39, 0.29) is 23.4 Å². The van der Waals surface area contributed by atoms with Crippen molar-refractivity contribution in [2.75, 3.05) is 18.5 Å². The van der Waals surface area contributed by atoms with Crippen LogP contribution in [0.3, 0.4) is 0 Å². The topological polar surface area (TPSA) is 107 Å². The number of carboxylic acid groups (broad SMARTS) is 1. The van der Waals surface area contributed by atoms with E-state index in [2.05, 4.69) is 0 Å². The molecule has 0 spiro atoms. The van der Waals surface area contributed by atoms with Gasteiger partial charge >= 0.3 is 5.97 Å². The van der Waals surface area contributed by atoms with Crippen molar-refractivity contribution in [1.82, 2.24) is 0 Å². The zero-order valence-corrected chi connectivity index (χ0v) is 9.66. The minimum Gasteiger partial charge on any atom is -0.478 e. The van der Waals surface area contributed by atoms with Crippen LogP contribution in [0.25, 0.3) is 0 Å². The van der Waals surface area contributed by atoms with Gasteiger partial charge in [-0.2, -0.15) is 5.26 Å². The smallest absolute Gasteiger partial charge is 0.337 e. The Kier molecular flexibility index (Phi) is 4.21. The monoisotopic (exact) mass is 249 g/mol. The first kappa shape index (κ1) is 13.4. The van der Waals surface area contributed by atoms with E-state index >= 15 is 0 Å². The number of nitro benzene ring substituents is 1. The second-order valence-electron chi connectivity index (χ2n) is 3.59. The summed E-state index contributed by atoms with van der Waals surface area (Å²) in [5, 5.41) is 28.1. The number of nitrogens with zero attached hydrogens (tertiary/aromatic N) is 3. The van der Waals surface area contributed by atoms with E-state index in [1.807, 2.05) is 6.07 Å². The zero-order valence-electron chi connectivity index (χ0n) is 9.66. The first-order chi connectivity index (χ1) is 8.47. The molecule has 0 aliphatic carbocycles. The van der Waals surface area contributed by atoms with E-state index in [1.54, 1.807) is 7.05 Å². The van der Waals surface area contributed by atoms with Crippen LogP contribution in [0.4, 0.5) is 11.4 Å². The predicted molar refractivity (Wildman–Crippen MR) is 63.6 cm³/mol. The van der Waals surface area contributed by atoms with Gasteiger partial charge in [-0.3, -0.25) is 10.1 Å². The molecule has 0 atom stereocenters. The lowest BCUT2D eigenvalue weighted by Crippen LogP contribution is -2.21. The highest BCUT2D eigenvalue weighted by molar-refractivity contribution is 5.95. The van der Waals surface area contributed by atoms with Crippen LogP contribution in [0.2, 0.25) is 0 Å². The quantitative estimate of drug-likeness (QED) is 0.627. The highest BCUT2D eigenvalue weighted by atomic mass is 16.6. The molecule has 0 unspecified atom stereocenters. The third-order valence-electron chi connectivity index (χ3n) is 2.39. The fourth-order valence-corrected chi connectivity index (χ4v) is 1.47. The summed E-state index contributed by atoms with van der Waals surface area (Å²) in [5.74, 6) is -1.16. The molecular weight excluding hydrogens is 238 g/mol. The highest BCUT2D eigenvalue weighted by Gasteiger charge is 2.17. The summed E-state index contributed by atoms with van der Waals surface area (Å²) in [6, 6.07) is 5.46. The van der Waals surface area contributed by atoms with Crippen LogP contribution in [0.1, 0.15) is 16.8 Å². The van der Waals surface area contributed by atoms with Gasteiger partial charge in [0.05, 0.1) is 28.7 Å². The summed E-state index contributed by atoms with van der Waals surface area (Å²) in [4.78, 5) is 22.6. The molecule has 0 saturated heterocycles. The van der Waals surface area contributed by atoms with E-state index in [9.17, 15) is 14.9 Å². The summed E-state index contributed by atoms with van der Waals surface area (Å²) in [6.45, 7) is 0.304. The molecule has 1 aromatic rings. The Morgan fingerprint density at radius 1 is 1.61 bits per heavy atom. The maximum absolute atomic E-state index is 11.0. The third kappa shape index (κ3) is 2.95. The van der Waals surface area contributed by atoms with Crippen molar-refractivity contribution in [3.05, 3.63) is 33.9 Å². The van der Waals surface area contributed by atoms with Gasteiger partial charge in [0, 0.05) is 25.7 Å². The Labute approximate surface area is 103 Å². The van der Waals surface area contributed by atoms with Gasteiger partial charge in [0.15, 0.2) is 0 Å². The molecule has 1 rings (SSSR count). The molecule has 7 heteroatoms. The number of benzene rings is 1. The summed E-state index contributed by atoms with van der Waals surface area (Å²) >= 11 is 0. The van der Waals surface area contributed by atoms with Crippen molar-refractivity contribution in [2.45, 2.75) is 6.42 Å². The molecule has 18 heavy (non-hydrogen) atoms. The molecule has 0 aromatic heterocycles. The Morgan fingerprint density at radius 2 is 2.28 bits per heavy atom. The number of rotatable bonds is 5. The standard InChI is InChI=1S/C11H11N3O4/c1-13(6-2-5-12)10-7-8(14(17)18)3-4-9(10)11(15)16/h3-4,7H,2,6H2,1H3,(H,15,16). The van der Waals surface area contributed by atoms with Crippen molar-refractivity contribution in [3.8, 4) is 6.07 Å². The molecule has 0 bridgehead atoms. The predicted octanol–water partition coefficient (Wildman–Crippen LogP) is 1.64. The van der Waals surface area contributed by atoms with Crippen LogP contribution in [0.5, 0.6) is 0 Å². The molecule has 94 valence electrons. The summed E-state index contributed by atoms with van der Waals surface area (Å²) in [6.07, 6.45) is 0.207. The van der Waals surface area contributed by atoms with E-state index in [1.165, 1.54) is 17.0 Å². The fourth-order valence-electron chi connectivity index (χ4n) is 1.47. The van der Waals surface area contributed by atoms with Crippen molar-refractivity contribution >= 4 is 17.3 Å². The van der Waals surface area contributed by atoms with Crippen molar-refractivity contribution < 1.29 is 14.8 Å². The van der Waals surface area contributed by atoms with Gasteiger partial charge in [-0.1, -0.05) is 0 Å². The number of carbonyl (C=O) groups is 1. The highest BCUT2D eigenvalue weighted by Crippen LogP contribution is 2.25. The molecule has 0 amide bonds. The molecule has 0 heterocycles. The second-order valence-corrected chi connectivity index (χ2v) is 3.59. The van der Waals surface area contributed by atoms with Gasteiger partial charge in [0.2, 0.25) is 0 Å². The van der Waals surface area contributed by atoms with Crippen LogP contribution < -0.4 is 4.90 Å². The van der Waals surface area contributed by atoms with Crippen LogP contribution in [0.15, 0.2) is 18.2 Å².